The van der Waals surface area contributed by atoms with Gasteiger partial charge in [-0.05, 0) is 26.3 Å². The Balaban J connectivity index is 1.89. The van der Waals surface area contributed by atoms with Gasteiger partial charge in [-0.15, -0.1) is 11.3 Å². The molecule has 3 heteroatoms. The topological polar surface area (TPSA) is 24.9 Å². The van der Waals surface area contributed by atoms with Crippen LogP contribution in [0.4, 0.5) is 0 Å². The predicted molar refractivity (Wildman–Crippen MR) is 56.2 cm³/mol. The Morgan fingerprint density at radius 2 is 2.54 bits per heavy atom. The van der Waals surface area contributed by atoms with Gasteiger partial charge in [-0.3, -0.25) is 0 Å². The maximum absolute atomic E-state index is 4.39. The van der Waals surface area contributed by atoms with E-state index in [0.717, 1.165) is 6.42 Å². The van der Waals surface area contributed by atoms with Crippen LogP contribution in [0.5, 0.6) is 0 Å². The molecule has 2 heterocycles. The van der Waals surface area contributed by atoms with Crippen molar-refractivity contribution in [3.05, 3.63) is 16.1 Å². The third kappa shape index (κ3) is 2.51. The van der Waals surface area contributed by atoms with E-state index in [1.165, 1.54) is 35.7 Å². The second-order valence-corrected chi connectivity index (χ2v) is 5.03. The van der Waals surface area contributed by atoms with Crippen LogP contribution < -0.4 is 5.32 Å². The first-order valence-corrected chi connectivity index (χ1v) is 5.81. The molecule has 1 aromatic heterocycles. The smallest absolute Gasteiger partial charge is 0.0943 e. The summed E-state index contributed by atoms with van der Waals surface area (Å²) in [5, 5.41) is 4.83. The summed E-state index contributed by atoms with van der Waals surface area (Å²) in [4.78, 5) is 5.71. The normalized spacial score (nSPS) is 23.3. The molecule has 0 bridgehead atoms. The first-order chi connectivity index (χ1) is 6.34. The molecule has 13 heavy (non-hydrogen) atoms. The molecule has 0 aromatic carbocycles. The first-order valence-electron chi connectivity index (χ1n) is 4.99. The number of nitrogens with one attached hydrogen (secondary N) is 1. The van der Waals surface area contributed by atoms with Gasteiger partial charge in [0.15, 0.2) is 0 Å². The molecule has 0 aliphatic carbocycles. The summed E-state index contributed by atoms with van der Waals surface area (Å²) in [7, 11) is 0. The van der Waals surface area contributed by atoms with Crippen molar-refractivity contribution in [1.29, 1.82) is 0 Å². The van der Waals surface area contributed by atoms with Crippen molar-refractivity contribution in [3.8, 4) is 0 Å². The number of rotatable bonds is 2. The fourth-order valence-corrected chi connectivity index (χ4v) is 2.67. The van der Waals surface area contributed by atoms with Gasteiger partial charge in [-0.2, -0.15) is 0 Å². The van der Waals surface area contributed by atoms with Gasteiger partial charge in [0.1, 0.15) is 0 Å². The third-order valence-corrected chi connectivity index (χ3v) is 3.44. The van der Waals surface area contributed by atoms with Gasteiger partial charge < -0.3 is 5.32 Å². The number of aromatic nitrogens is 1. The van der Waals surface area contributed by atoms with Crippen molar-refractivity contribution < 1.29 is 0 Å². The quantitative estimate of drug-likeness (QED) is 0.784. The second kappa shape index (κ2) is 4.20. The monoisotopic (exact) mass is 196 g/mol. The molecule has 1 aliphatic rings. The Kier molecular flexibility index (Phi) is 2.96. The molecule has 72 valence electrons. The van der Waals surface area contributed by atoms with E-state index in [-0.39, 0.29) is 0 Å². The lowest BCUT2D eigenvalue weighted by molar-refractivity contribution is 0.399. The van der Waals surface area contributed by atoms with Gasteiger partial charge in [-0.25, -0.2) is 4.98 Å². The first kappa shape index (κ1) is 9.16. The Morgan fingerprint density at radius 1 is 1.62 bits per heavy atom. The zero-order valence-corrected chi connectivity index (χ0v) is 8.86. The molecule has 1 aromatic rings. The van der Waals surface area contributed by atoms with Crippen LogP contribution in [0.15, 0.2) is 6.20 Å². The van der Waals surface area contributed by atoms with Gasteiger partial charge in [0.05, 0.1) is 5.01 Å². The van der Waals surface area contributed by atoms with Crippen molar-refractivity contribution in [2.45, 2.75) is 38.6 Å². The average Bonchev–Trinajstić information content (AvgIpc) is 2.53. The van der Waals surface area contributed by atoms with Crippen LogP contribution in [0.25, 0.3) is 0 Å². The number of thiazole rings is 1. The summed E-state index contributed by atoms with van der Waals surface area (Å²) in [6.07, 6.45) is 7.13. The van der Waals surface area contributed by atoms with Gasteiger partial charge in [0.2, 0.25) is 0 Å². The van der Waals surface area contributed by atoms with Crippen molar-refractivity contribution >= 4 is 11.3 Å². The van der Waals surface area contributed by atoms with E-state index in [1.54, 1.807) is 0 Å². The molecule has 1 fully saturated rings. The highest BCUT2D eigenvalue weighted by Crippen LogP contribution is 2.16. The van der Waals surface area contributed by atoms with Crippen molar-refractivity contribution in [2.24, 2.45) is 0 Å². The maximum atomic E-state index is 4.39. The van der Waals surface area contributed by atoms with Crippen molar-refractivity contribution in [3.63, 3.8) is 0 Å². The number of piperidine rings is 1. The van der Waals surface area contributed by atoms with E-state index in [1.807, 2.05) is 17.5 Å². The Hall–Kier alpha value is -0.410. The van der Waals surface area contributed by atoms with Crippen LogP contribution in [0.3, 0.4) is 0 Å². The van der Waals surface area contributed by atoms with Gasteiger partial charge >= 0.3 is 0 Å². The van der Waals surface area contributed by atoms with Crippen LogP contribution in [0.2, 0.25) is 0 Å². The largest absolute Gasteiger partial charge is 0.314 e. The summed E-state index contributed by atoms with van der Waals surface area (Å²) in [6.45, 7) is 3.31. The second-order valence-electron chi connectivity index (χ2n) is 3.72. The minimum atomic E-state index is 0.680. The van der Waals surface area contributed by atoms with Crippen LogP contribution in [0, 0.1) is 6.92 Å². The number of nitrogens with zero attached hydrogens (tertiary/aromatic N) is 1. The lowest BCUT2D eigenvalue weighted by Crippen LogP contribution is -2.35. The van der Waals surface area contributed by atoms with E-state index >= 15 is 0 Å². The molecule has 1 unspecified atom stereocenters. The SMILES string of the molecule is Cc1cnc(CC2CCCCN2)s1. The standard InChI is InChI=1S/C10H16N2S/c1-8-7-12-10(13-8)6-9-4-2-3-5-11-9/h7,9,11H,2-6H2,1H3. The van der Waals surface area contributed by atoms with E-state index in [0.29, 0.717) is 6.04 Å². The zero-order chi connectivity index (χ0) is 9.10. The summed E-state index contributed by atoms with van der Waals surface area (Å²) >= 11 is 1.83. The number of hydrogen-bond acceptors (Lipinski definition) is 3. The minimum Gasteiger partial charge on any atom is -0.314 e. The van der Waals surface area contributed by atoms with Crippen LogP contribution in [-0.4, -0.2) is 17.6 Å². The molecule has 1 saturated heterocycles. The summed E-state index contributed by atoms with van der Waals surface area (Å²) < 4.78 is 0. The van der Waals surface area contributed by atoms with E-state index in [9.17, 15) is 0 Å². The fraction of sp³-hybridized carbons (Fsp3) is 0.700. The Labute approximate surface area is 83.4 Å². The summed E-state index contributed by atoms with van der Waals surface area (Å²) in [5.41, 5.74) is 0. The highest BCUT2D eigenvalue weighted by atomic mass is 32.1. The van der Waals surface area contributed by atoms with Crippen LogP contribution >= 0.6 is 11.3 Å². The molecule has 0 radical (unpaired) electrons. The highest BCUT2D eigenvalue weighted by Gasteiger charge is 2.14. The van der Waals surface area contributed by atoms with E-state index < -0.39 is 0 Å². The van der Waals surface area contributed by atoms with Gasteiger partial charge in [0, 0.05) is 23.5 Å². The lowest BCUT2D eigenvalue weighted by atomic mass is 10.0. The van der Waals surface area contributed by atoms with Gasteiger partial charge in [-0.1, -0.05) is 6.42 Å². The lowest BCUT2D eigenvalue weighted by Gasteiger charge is -2.22. The molecule has 0 amide bonds. The van der Waals surface area contributed by atoms with E-state index in [4.69, 9.17) is 0 Å². The summed E-state index contributed by atoms with van der Waals surface area (Å²) in [5.74, 6) is 0. The minimum absolute atomic E-state index is 0.680. The summed E-state index contributed by atoms with van der Waals surface area (Å²) in [6, 6.07) is 0.680. The molecular weight excluding hydrogens is 180 g/mol. The molecule has 1 aliphatic heterocycles. The maximum Gasteiger partial charge on any atom is 0.0943 e. The molecule has 1 atom stereocenters. The van der Waals surface area contributed by atoms with Crippen molar-refractivity contribution in [1.82, 2.24) is 10.3 Å². The molecule has 0 saturated carbocycles. The molecule has 2 nitrogen and oxygen atoms in total. The fourth-order valence-electron chi connectivity index (χ4n) is 1.80. The Morgan fingerprint density at radius 3 is 3.15 bits per heavy atom. The number of hydrogen-bond donors (Lipinski definition) is 1. The van der Waals surface area contributed by atoms with E-state index in [2.05, 4.69) is 17.2 Å². The Bertz CT molecular complexity index is 264. The molecular formula is C10H16N2S. The van der Waals surface area contributed by atoms with Crippen LogP contribution in [-0.2, 0) is 6.42 Å². The molecule has 0 spiro atoms. The predicted octanol–water partition coefficient (Wildman–Crippen LogP) is 2.14. The van der Waals surface area contributed by atoms with Crippen LogP contribution in [0.1, 0.15) is 29.1 Å². The number of aryl methyl sites for hydroxylation is 1. The third-order valence-electron chi connectivity index (χ3n) is 2.50. The highest BCUT2D eigenvalue weighted by molar-refractivity contribution is 7.11. The van der Waals surface area contributed by atoms with Gasteiger partial charge in [0.25, 0.3) is 0 Å². The van der Waals surface area contributed by atoms with Crippen molar-refractivity contribution in [2.75, 3.05) is 6.54 Å². The molecule has 2 rings (SSSR count). The average molecular weight is 196 g/mol. The zero-order valence-electron chi connectivity index (χ0n) is 8.05. The molecule has 1 N–H and O–H groups in total.